The first-order chi connectivity index (χ1) is 18.7. The van der Waals surface area contributed by atoms with Crippen LogP contribution in [0.15, 0.2) is 24.3 Å². The molecule has 9 nitrogen and oxygen atoms in total. The Labute approximate surface area is 225 Å². The van der Waals surface area contributed by atoms with Gasteiger partial charge in [-0.1, -0.05) is 0 Å². The summed E-state index contributed by atoms with van der Waals surface area (Å²) in [5.41, 5.74) is 0.880. The van der Waals surface area contributed by atoms with Crippen LogP contribution >= 0.6 is 0 Å². The highest BCUT2D eigenvalue weighted by Crippen LogP contribution is 2.55. The molecule has 3 atom stereocenters. The molecule has 0 radical (unpaired) electrons. The second-order valence-electron chi connectivity index (χ2n) is 11.8. The Kier molecular flexibility index (Phi) is 6.51. The number of piperidine rings is 1. The fourth-order valence-electron chi connectivity index (χ4n) is 6.18. The molecule has 2 heterocycles. The quantitative estimate of drug-likeness (QED) is 0.447. The van der Waals surface area contributed by atoms with Gasteiger partial charge in [-0.15, -0.1) is 0 Å². The molecule has 1 spiro atoms. The average molecular weight is 537 g/mol. The minimum absolute atomic E-state index is 0.00658. The van der Waals surface area contributed by atoms with Crippen LogP contribution in [0.25, 0.3) is 10.9 Å². The molecule has 2 aromatic rings. The van der Waals surface area contributed by atoms with Gasteiger partial charge >= 0.3 is 0 Å². The third kappa shape index (κ3) is 5.33. The summed E-state index contributed by atoms with van der Waals surface area (Å²) >= 11 is 0. The van der Waals surface area contributed by atoms with Crippen molar-refractivity contribution in [1.29, 1.82) is 0 Å². The van der Waals surface area contributed by atoms with Gasteiger partial charge in [-0.3, -0.25) is 24.0 Å². The minimum Gasteiger partial charge on any atom is -0.351 e. The monoisotopic (exact) mass is 536 g/mol. The summed E-state index contributed by atoms with van der Waals surface area (Å²) < 4.78 is 13.7. The van der Waals surface area contributed by atoms with E-state index in [2.05, 4.69) is 15.6 Å². The van der Waals surface area contributed by atoms with E-state index in [4.69, 9.17) is 0 Å². The number of amides is 3. The summed E-state index contributed by atoms with van der Waals surface area (Å²) in [6.07, 6.45) is 6.72. The molecular formula is C29H33FN4O5. The van der Waals surface area contributed by atoms with Crippen LogP contribution in [0.2, 0.25) is 0 Å². The van der Waals surface area contributed by atoms with Crippen molar-refractivity contribution in [3.63, 3.8) is 0 Å². The zero-order valence-corrected chi connectivity index (χ0v) is 21.8. The molecule has 1 saturated heterocycles. The van der Waals surface area contributed by atoms with E-state index in [0.717, 1.165) is 38.5 Å². The molecule has 3 saturated carbocycles. The van der Waals surface area contributed by atoms with Crippen LogP contribution in [0.1, 0.15) is 74.7 Å². The number of aromatic nitrogens is 1. The molecule has 39 heavy (non-hydrogen) atoms. The third-order valence-electron chi connectivity index (χ3n) is 8.94. The first kappa shape index (κ1) is 25.7. The van der Waals surface area contributed by atoms with Crippen LogP contribution in [0.5, 0.6) is 0 Å². The van der Waals surface area contributed by atoms with Crippen molar-refractivity contribution in [3.05, 3.63) is 35.8 Å². The first-order valence-electron chi connectivity index (χ1n) is 14.0. The number of fused-ring (bicyclic) bond motifs is 1. The highest BCUT2D eigenvalue weighted by Gasteiger charge is 2.51. The summed E-state index contributed by atoms with van der Waals surface area (Å²) in [7, 11) is 0. The van der Waals surface area contributed by atoms with Gasteiger partial charge in [0.2, 0.25) is 11.7 Å². The number of Topliss-reactive ketones (excluding diaryl/α,β-unsaturated/α-hetero) is 2. The summed E-state index contributed by atoms with van der Waals surface area (Å²) in [5.74, 6) is -3.09. The number of likely N-dealkylation sites (tertiary alicyclic amines) is 1. The van der Waals surface area contributed by atoms with Gasteiger partial charge in [-0.25, -0.2) is 4.39 Å². The van der Waals surface area contributed by atoms with Gasteiger partial charge in [0.15, 0.2) is 0 Å². The van der Waals surface area contributed by atoms with Crippen LogP contribution in [-0.4, -0.2) is 63.8 Å². The Bertz CT molecular complexity index is 1360. The van der Waals surface area contributed by atoms with E-state index in [1.54, 1.807) is 12.1 Å². The lowest BCUT2D eigenvalue weighted by Crippen LogP contribution is -2.58. The smallest absolute Gasteiger partial charge is 0.289 e. The van der Waals surface area contributed by atoms with Crippen molar-refractivity contribution in [2.45, 2.75) is 82.3 Å². The number of aromatic amines is 1. The highest BCUT2D eigenvalue weighted by molar-refractivity contribution is 6.38. The Hall–Kier alpha value is -3.56. The number of carbonyl (C=O) groups excluding carboxylic acids is 5. The maximum absolute atomic E-state index is 13.8. The lowest BCUT2D eigenvalue weighted by molar-refractivity contribution is -0.141. The Balaban J connectivity index is 1.23. The van der Waals surface area contributed by atoms with Crippen LogP contribution in [0, 0.1) is 17.2 Å². The van der Waals surface area contributed by atoms with Gasteiger partial charge < -0.3 is 20.5 Å². The molecule has 1 aliphatic heterocycles. The fraction of sp³-hybridized carbons (Fsp3) is 0.552. The number of rotatable bonds is 8. The van der Waals surface area contributed by atoms with Gasteiger partial charge in [0, 0.05) is 35.8 Å². The molecule has 0 bridgehead atoms. The Morgan fingerprint density at radius 2 is 1.90 bits per heavy atom. The third-order valence-corrected chi connectivity index (χ3v) is 8.94. The summed E-state index contributed by atoms with van der Waals surface area (Å²) in [5, 5.41) is 6.04. The van der Waals surface area contributed by atoms with Gasteiger partial charge in [-0.2, -0.15) is 0 Å². The molecule has 206 valence electrons. The number of hydrogen-bond donors (Lipinski definition) is 3. The van der Waals surface area contributed by atoms with E-state index in [1.165, 1.54) is 17.0 Å². The molecule has 6 rings (SSSR count). The highest BCUT2D eigenvalue weighted by atomic mass is 19.1. The SMILES string of the molecule is O=C(NC1CC1)C(=O)C(CC1CCCC1=O)NC(=O)C1CC2(CCN1C(=O)c1cc3cc(F)ccc3[nH]1)CC2. The van der Waals surface area contributed by atoms with Crippen LogP contribution < -0.4 is 10.6 Å². The molecular weight excluding hydrogens is 503 g/mol. The molecule has 3 unspecified atom stereocenters. The molecule has 1 aromatic heterocycles. The number of benzene rings is 1. The zero-order valence-electron chi connectivity index (χ0n) is 21.8. The molecule has 1 aromatic carbocycles. The number of ketones is 2. The van der Waals surface area contributed by atoms with Crippen LogP contribution in [0.3, 0.4) is 0 Å². The molecule has 3 amide bonds. The van der Waals surface area contributed by atoms with Gasteiger partial charge in [0.05, 0.1) is 6.04 Å². The largest absolute Gasteiger partial charge is 0.351 e. The maximum atomic E-state index is 13.8. The predicted octanol–water partition coefficient (Wildman–Crippen LogP) is 2.78. The zero-order chi connectivity index (χ0) is 27.3. The molecule has 4 fully saturated rings. The number of carbonyl (C=O) groups is 5. The van der Waals surface area contributed by atoms with Crippen molar-refractivity contribution in [1.82, 2.24) is 20.5 Å². The van der Waals surface area contributed by atoms with Crippen molar-refractivity contribution in [3.8, 4) is 0 Å². The molecule has 3 aliphatic carbocycles. The molecule has 4 aliphatic rings. The predicted molar refractivity (Wildman–Crippen MR) is 139 cm³/mol. The van der Waals surface area contributed by atoms with Gasteiger partial charge in [-0.05, 0) is 87.5 Å². The minimum atomic E-state index is -1.13. The second kappa shape index (κ2) is 9.88. The van der Waals surface area contributed by atoms with Crippen molar-refractivity contribution in [2.75, 3.05) is 6.54 Å². The van der Waals surface area contributed by atoms with Gasteiger partial charge in [0.1, 0.15) is 23.3 Å². The maximum Gasteiger partial charge on any atom is 0.289 e. The van der Waals surface area contributed by atoms with E-state index < -0.39 is 35.5 Å². The fourth-order valence-corrected chi connectivity index (χ4v) is 6.18. The van der Waals surface area contributed by atoms with Gasteiger partial charge in [0.25, 0.3) is 11.8 Å². The van der Waals surface area contributed by atoms with E-state index in [0.29, 0.717) is 36.7 Å². The molecule has 10 heteroatoms. The Morgan fingerprint density at radius 3 is 2.59 bits per heavy atom. The van der Waals surface area contributed by atoms with E-state index in [9.17, 15) is 28.4 Å². The topological polar surface area (TPSA) is 128 Å². The van der Waals surface area contributed by atoms with E-state index in [-0.39, 0.29) is 41.2 Å². The van der Waals surface area contributed by atoms with Crippen molar-refractivity contribution in [2.24, 2.45) is 11.3 Å². The van der Waals surface area contributed by atoms with E-state index >= 15 is 0 Å². The number of hydrogen-bond acceptors (Lipinski definition) is 5. The summed E-state index contributed by atoms with van der Waals surface area (Å²) in [6, 6.07) is 3.83. The van der Waals surface area contributed by atoms with Crippen molar-refractivity contribution >= 4 is 40.2 Å². The van der Waals surface area contributed by atoms with Crippen molar-refractivity contribution < 1.29 is 28.4 Å². The lowest BCUT2D eigenvalue weighted by atomic mass is 9.86. The average Bonchev–Trinajstić information content (AvgIpc) is 3.80. The number of nitrogens with zero attached hydrogens (tertiary/aromatic N) is 1. The van der Waals surface area contributed by atoms with Crippen LogP contribution in [0.4, 0.5) is 4.39 Å². The number of H-pyrrole nitrogens is 1. The van der Waals surface area contributed by atoms with Crippen LogP contribution in [-0.2, 0) is 19.2 Å². The lowest BCUT2D eigenvalue weighted by Gasteiger charge is -2.39. The second-order valence-corrected chi connectivity index (χ2v) is 11.8. The summed E-state index contributed by atoms with van der Waals surface area (Å²) in [6.45, 7) is 0.378. The summed E-state index contributed by atoms with van der Waals surface area (Å²) in [4.78, 5) is 70.1. The first-order valence-corrected chi connectivity index (χ1v) is 14.0. The normalized spacial score (nSPS) is 24.5. The Morgan fingerprint density at radius 1 is 1.10 bits per heavy atom. The standard InChI is InChI=1S/C29H33FN4O5/c30-18-4-7-20-17(12-18)14-22(32-20)28(39)34-11-10-29(8-9-29)15-23(34)26(37)33-21(13-16-2-1-3-24(16)35)25(36)27(38)31-19-5-6-19/h4,7,12,14,16,19,21,23,32H,1-3,5-6,8-11,13,15H2,(H,31,38)(H,33,37). The number of nitrogens with one attached hydrogen (secondary N) is 3. The number of halogens is 1. The van der Waals surface area contributed by atoms with E-state index in [1.807, 2.05) is 0 Å². The molecule has 3 N–H and O–H groups in total.